The molecular formula is C7H12. The molecular weight excluding hydrogens is 84.1 g/mol. The van der Waals surface area contributed by atoms with Gasteiger partial charge in [-0.25, -0.2) is 0 Å². The second-order valence-electron chi connectivity index (χ2n) is 1.74. The minimum atomic E-state index is 1.02. The van der Waals surface area contributed by atoms with E-state index < -0.39 is 0 Å². The average Bonchev–Trinajstić information content (AvgIpc) is 1.65. The van der Waals surface area contributed by atoms with Crippen molar-refractivity contribution in [3.8, 4) is 0 Å². The molecule has 0 aromatic carbocycles. The van der Waals surface area contributed by atoms with Crippen LogP contribution < -0.4 is 0 Å². The van der Waals surface area contributed by atoms with Crippen molar-refractivity contribution in [1.82, 2.24) is 0 Å². The Labute approximate surface area is 45.5 Å². The molecule has 0 nitrogen and oxygen atoms in total. The van der Waals surface area contributed by atoms with Crippen LogP contribution in [0.5, 0.6) is 0 Å². The highest BCUT2D eigenvalue weighted by atomic mass is 13.9. The van der Waals surface area contributed by atoms with Gasteiger partial charge in [0.2, 0.25) is 0 Å². The third-order valence-electron chi connectivity index (χ3n) is 1.03. The summed E-state index contributed by atoms with van der Waals surface area (Å²) in [5.74, 6) is 0. The van der Waals surface area contributed by atoms with Gasteiger partial charge in [0.25, 0.3) is 0 Å². The van der Waals surface area contributed by atoms with Gasteiger partial charge in [0.05, 0.1) is 0 Å². The van der Waals surface area contributed by atoms with E-state index >= 15 is 0 Å². The van der Waals surface area contributed by atoms with Gasteiger partial charge in [-0.05, 0) is 13.3 Å². The minimum Gasteiger partial charge on any atom is -0.0959 e. The Morgan fingerprint density at radius 1 is 1.43 bits per heavy atom. The molecule has 0 fully saturated rings. The van der Waals surface area contributed by atoms with E-state index in [-0.39, 0.29) is 0 Å². The van der Waals surface area contributed by atoms with Gasteiger partial charge in [-0.3, -0.25) is 0 Å². The normalized spacial score (nSPS) is 8.29. The summed E-state index contributed by atoms with van der Waals surface area (Å²) in [5, 5.41) is 0. The van der Waals surface area contributed by atoms with Crippen molar-refractivity contribution in [1.29, 1.82) is 0 Å². The van der Waals surface area contributed by atoms with Gasteiger partial charge in [0.15, 0.2) is 0 Å². The average molecular weight is 96.2 g/mol. The molecule has 0 N–H and O–H groups in total. The molecule has 0 heteroatoms. The molecule has 0 aromatic rings. The Kier molecular flexibility index (Phi) is 2.42. The van der Waals surface area contributed by atoms with Crippen LogP contribution in [0.4, 0.5) is 0 Å². The molecule has 0 amide bonds. The molecule has 0 aliphatic rings. The maximum atomic E-state index is 3.77. The van der Waals surface area contributed by atoms with Crippen molar-refractivity contribution in [2.24, 2.45) is 0 Å². The lowest BCUT2D eigenvalue weighted by atomic mass is 10.1. The molecule has 7 heavy (non-hydrogen) atoms. The number of rotatable bonds is 2. The Morgan fingerprint density at radius 3 is 1.86 bits per heavy atom. The summed E-state index contributed by atoms with van der Waals surface area (Å²) < 4.78 is 0. The SMILES string of the molecule is C=C(C)C(=C)CC. The second kappa shape index (κ2) is 2.62. The van der Waals surface area contributed by atoms with Crippen LogP contribution in [0, 0.1) is 0 Å². The van der Waals surface area contributed by atoms with Gasteiger partial charge in [-0.1, -0.05) is 31.2 Å². The van der Waals surface area contributed by atoms with Gasteiger partial charge in [0, 0.05) is 0 Å². The van der Waals surface area contributed by atoms with Crippen molar-refractivity contribution >= 4 is 0 Å². The second-order valence-corrected chi connectivity index (χ2v) is 1.74. The van der Waals surface area contributed by atoms with E-state index in [2.05, 4.69) is 20.1 Å². The van der Waals surface area contributed by atoms with Gasteiger partial charge < -0.3 is 0 Å². The quantitative estimate of drug-likeness (QED) is 0.463. The maximum absolute atomic E-state index is 3.77. The van der Waals surface area contributed by atoms with Crippen LogP contribution in [0.15, 0.2) is 24.3 Å². The smallest absolute Gasteiger partial charge is 0.0311 e. The van der Waals surface area contributed by atoms with E-state index in [4.69, 9.17) is 0 Å². The molecule has 0 bridgehead atoms. The summed E-state index contributed by atoms with van der Waals surface area (Å²) in [6.45, 7) is 11.6. The van der Waals surface area contributed by atoms with Gasteiger partial charge in [-0.2, -0.15) is 0 Å². The van der Waals surface area contributed by atoms with Crippen molar-refractivity contribution < 1.29 is 0 Å². The van der Waals surface area contributed by atoms with E-state index in [1.165, 1.54) is 0 Å². The molecule has 0 aliphatic heterocycles. The van der Waals surface area contributed by atoms with Crippen LogP contribution in [-0.4, -0.2) is 0 Å². The third-order valence-corrected chi connectivity index (χ3v) is 1.03. The summed E-state index contributed by atoms with van der Waals surface area (Å²) in [6, 6.07) is 0. The first-order valence-electron chi connectivity index (χ1n) is 2.52. The predicted octanol–water partition coefficient (Wildman–Crippen LogP) is 2.53. The minimum absolute atomic E-state index is 1.02. The van der Waals surface area contributed by atoms with Crippen LogP contribution in [0.1, 0.15) is 20.3 Å². The van der Waals surface area contributed by atoms with Gasteiger partial charge in [0.1, 0.15) is 0 Å². The summed E-state index contributed by atoms with van der Waals surface area (Å²) in [5.41, 5.74) is 2.25. The summed E-state index contributed by atoms with van der Waals surface area (Å²) in [4.78, 5) is 0. The molecule has 0 spiro atoms. The first-order chi connectivity index (χ1) is 3.18. The molecule has 0 rings (SSSR count). The molecule has 0 saturated carbocycles. The van der Waals surface area contributed by atoms with Crippen LogP contribution in [-0.2, 0) is 0 Å². The monoisotopic (exact) mass is 96.1 g/mol. The van der Waals surface area contributed by atoms with Crippen molar-refractivity contribution in [2.75, 3.05) is 0 Å². The zero-order chi connectivity index (χ0) is 5.86. The van der Waals surface area contributed by atoms with E-state index in [9.17, 15) is 0 Å². The van der Waals surface area contributed by atoms with Crippen LogP contribution >= 0.6 is 0 Å². The number of hydrogen-bond donors (Lipinski definition) is 0. The highest BCUT2D eigenvalue weighted by Crippen LogP contribution is 2.05. The molecule has 0 atom stereocenters. The zero-order valence-electron chi connectivity index (χ0n) is 5.12. The first kappa shape index (κ1) is 6.48. The van der Waals surface area contributed by atoms with Gasteiger partial charge in [-0.15, -0.1) is 0 Å². The fourth-order valence-corrected chi connectivity index (χ4v) is 0.302. The van der Waals surface area contributed by atoms with E-state index in [1.807, 2.05) is 6.92 Å². The van der Waals surface area contributed by atoms with Crippen molar-refractivity contribution in [2.45, 2.75) is 20.3 Å². The Hall–Kier alpha value is -0.520. The fraction of sp³-hybridized carbons (Fsp3) is 0.429. The van der Waals surface area contributed by atoms with Crippen molar-refractivity contribution in [3.05, 3.63) is 24.3 Å². The summed E-state index contributed by atoms with van der Waals surface area (Å²) in [6.07, 6.45) is 1.02. The Balaban J connectivity index is 3.58. The Bertz CT molecular complexity index is 88.2. The van der Waals surface area contributed by atoms with E-state index in [0.29, 0.717) is 0 Å². The fourth-order valence-electron chi connectivity index (χ4n) is 0.302. The molecule has 0 aromatic heterocycles. The number of allylic oxidation sites excluding steroid dienone is 2. The standard InChI is InChI=1S/C7H12/c1-5-7(4)6(2)3/h2,4-5H2,1,3H3. The lowest BCUT2D eigenvalue weighted by Gasteiger charge is -1.95. The topological polar surface area (TPSA) is 0 Å². The third kappa shape index (κ3) is 2.21. The van der Waals surface area contributed by atoms with Gasteiger partial charge >= 0.3 is 0 Å². The Morgan fingerprint density at radius 2 is 1.86 bits per heavy atom. The highest BCUT2D eigenvalue weighted by Gasteiger charge is 1.85. The van der Waals surface area contributed by atoms with Crippen LogP contribution in [0.25, 0.3) is 0 Å². The zero-order valence-corrected chi connectivity index (χ0v) is 5.12. The summed E-state index contributed by atoms with van der Waals surface area (Å²) in [7, 11) is 0. The molecule has 0 radical (unpaired) electrons. The van der Waals surface area contributed by atoms with Crippen molar-refractivity contribution in [3.63, 3.8) is 0 Å². The molecule has 0 heterocycles. The first-order valence-corrected chi connectivity index (χ1v) is 2.52. The highest BCUT2D eigenvalue weighted by molar-refractivity contribution is 5.21. The van der Waals surface area contributed by atoms with E-state index in [0.717, 1.165) is 17.6 Å². The maximum Gasteiger partial charge on any atom is -0.0311 e. The van der Waals surface area contributed by atoms with Crippen LogP contribution in [0.2, 0.25) is 0 Å². The predicted molar refractivity (Wildman–Crippen MR) is 34.2 cm³/mol. The molecule has 0 aliphatic carbocycles. The summed E-state index contributed by atoms with van der Waals surface area (Å²) >= 11 is 0. The molecule has 0 unspecified atom stereocenters. The van der Waals surface area contributed by atoms with E-state index in [1.54, 1.807) is 0 Å². The number of hydrogen-bond acceptors (Lipinski definition) is 0. The lowest BCUT2D eigenvalue weighted by molar-refractivity contribution is 1.12. The molecule has 40 valence electrons. The lowest BCUT2D eigenvalue weighted by Crippen LogP contribution is -1.74. The largest absolute Gasteiger partial charge is 0.0959 e. The van der Waals surface area contributed by atoms with Crippen LogP contribution in [0.3, 0.4) is 0 Å². The molecule has 0 saturated heterocycles.